The summed E-state index contributed by atoms with van der Waals surface area (Å²) in [6.45, 7) is 0.587. The van der Waals surface area contributed by atoms with Crippen LogP contribution in [-0.4, -0.2) is 11.5 Å². The van der Waals surface area contributed by atoms with Crippen molar-refractivity contribution in [3.63, 3.8) is 0 Å². The molecular weight excluding hydrogens is 497 g/mol. The molecule has 0 radical (unpaired) electrons. The van der Waals surface area contributed by atoms with Gasteiger partial charge in [0.1, 0.15) is 0 Å². The summed E-state index contributed by atoms with van der Waals surface area (Å²) < 4.78 is 48.2. The molecule has 26 heavy (non-hydrogen) atoms. The van der Waals surface area contributed by atoms with Gasteiger partial charge in [-0.05, 0) is 39.9 Å². The molecule has 0 saturated carbocycles. The SMILES string of the molecule is O=[P+](O)OC(F)(F)c1ccc(COC/C=C/c2ccc(Br)cc2)cc1Br. The van der Waals surface area contributed by atoms with E-state index in [1.165, 1.54) is 12.1 Å². The number of alkyl halides is 2. The Kier molecular flexibility index (Phi) is 8.01. The van der Waals surface area contributed by atoms with Gasteiger partial charge < -0.3 is 4.74 Å². The molecule has 0 heterocycles. The third-order valence-electron chi connectivity index (χ3n) is 3.20. The van der Waals surface area contributed by atoms with E-state index in [0.29, 0.717) is 12.2 Å². The first kappa shape index (κ1) is 21.3. The Morgan fingerprint density at radius 2 is 1.85 bits per heavy atom. The van der Waals surface area contributed by atoms with Gasteiger partial charge in [-0.25, -0.2) is 0 Å². The Balaban J connectivity index is 1.89. The van der Waals surface area contributed by atoms with Crippen LogP contribution in [0.15, 0.2) is 57.5 Å². The Morgan fingerprint density at radius 3 is 2.46 bits per heavy atom. The summed E-state index contributed by atoms with van der Waals surface area (Å²) in [4.78, 5) is 8.52. The molecule has 2 aromatic carbocycles. The van der Waals surface area contributed by atoms with Crippen molar-refractivity contribution in [1.82, 2.24) is 0 Å². The highest BCUT2D eigenvalue weighted by molar-refractivity contribution is 9.10. The van der Waals surface area contributed by atoms with Gasteiger partial charge in [0, 0.05) is 13.5 Å². The quantitative estimate of drug-likeness (QED) is 0.341. The zero-order chi connectivity index (χ0) is 19.2. The van der Waals surface area contributed by atoms with Gasteiger partial charge in [-0.15, -0.1) is 4.89 Å². The standard InChI is InChI=1S/C17H13Br2F2O4P/c18-14-6-3-12(4-7-14)2-1-9-24-11-13-5-8-15(16(19)10-13)17(20,21)25-26(22)23/h1-8,10H,9,11H2/p+1/b2-1+. The van der Waals surface area contributed by atoms with E-state index in [2.05, 4.69) is 36.4 Å². The van der Waals surface area contributed by atoms with Crippen molar-refractivity contribution < 1.29 is 27.5 Å². The summed E-state index contributed by atoms with van der Waals surface area (Å²) in [7, 11) is -3.42. The fourth-order valence-corrected chi connectivity index (χ4v) is 3.25. The van der Waals surface area contributed by atoms with Crippen LogP contribution >= 0.6 is 40.1 Å². The second-order valence-electron chi connectivity index (χ2n) is 5.13. The first-order chi connectivity index (χ1) is 12.3. The molecule has 4 nitrogen and oxygen atoms in total. The molecule has 0 aliphatic rings. The van der Waals surface area contributed by atoms with Crippen LogP contribution in [-0.2, 0) is 26.5 Å². The zero-order valence-corrected chi connectivity index (χ0v) is 17.3. The molecule has 0 aliphatic heterocycles. The fourth-order valence-electron chi connectivity index (χ4n) is 2.03. The molecule has 0 aromatic heterocycles. The van der Waals surface area contributed by atoms with E-state index in [4.69, 9.17) is 9.63 Å². The average Bonchev–Trinajstić information content (AvgIpc) is 2.55. The van der Waals surface area contributed by atoms with Crippen LogP contribution in [0.5, 0.6) is 0 Å². The van der Waals surface area contributed by atoms with E-state index in [1.807, 2.05) is 36.4 Å². The second kappa shape index (κ2) is 9.78. The van der Waals surface area contributed by atoms with Crippen LogP contribution < -0.4 is 0 Å². The van der Waals surface area contributed by atoms with Gasteiger partial charge >= 0.3 is 14.4 Å². The predicted molar refractivity (Wildman–Crippen MR) is 102 cm³/mol. The van der Waals surface area contributed by atoms with Crippen LogP contribution in [0.25, 0.3) is 6.08 Å². The Hall–Kier alpha value is -1.02. The summed E-state index contributed by atoms with van der Waals surface area (Å²) in [6.07, 6.45) is -0.0975. The first-order valence-corrected chi connectivity index (χ1v) is 10.0. The van der Waals surface area contributed by atoms with Crippen LogP contribution in [0.4, 0.5) is 8.78 Å². The van der Waals surface area contributed by atoms with Crippen molar-refractivity contribution in [2.24, 2.45) is 0 Å². The van der Waals surface area contributed by atoms with E-state index in [1.54, 1.807) is 0 Å². The Bertz CT molecular complexity index is 798. The summed E-state index contributed by atoms with van der Waals surface area (Å²) in [5.41, 5.74) is 1.17. The number of rotatable bonds is 8. The summed E-state index contributed by atoms with van der Waals surface area (Å²) in [6, 6.07) is 11.8. The van der Waals surface area contributed by atoms with Gasteiger partial charge in [0.2, 0.25) is 0 Å². The lowest BCUT2D eigenvalue weighted by molar-refractivity contribution is -0.186. The van der Waals surface area contributed by atoms with Crippen LogP contribution in [0.2, 0.25) is 0 Å². The maximum atomic E-state index is 13.7. The summed E-state index contributed by atoms with van der Waals surface area (Å²) in [5, 5.41) is 0. The van der Waals surface area contributed by atoms with Crippen LogP contribution in [0, 0.1) is 0 Å². The molecule has 9 heteroatoms. The Morgan fingerprint density at radius 1 is 1.15 bits per heavy atom. The van der Waals surface area contributed by atoms with Crippen LogP contribution in [0.3, 0.4) is 0 Å². The van der Waals surface area contributed by atoms with Crippen LogP contribution in [0.1, 0.15) is 16.7 Å². The fraction of sp³-hybridized carbons (Fsp3) is 0.176. The molecular formula is C17H14Br2F2O4P+. The lowest BCUT2D eigenvalue weighted by atomic mass is 10.1. The summed E-state index contributed by atoms with van der Waals surface area (Å²) in [5.74, 6) is 0. The van der Waals surface area contributed by atoms with Crippen molar-refractivity contribution >= 4 is 46.2 Å². The third kappa shape index (κ3) is 6.61. The lowest BCUT2D eigenvalue weighted by Gasteiger charge is -2.12. The highest BCUT2D eigenvalue weighted by Gasteiger charge is 2.44. The molecule has 1 unspecified atom stereocenters. The molecule has 1 atom stereocenters. The van der Waals surface area contributed by atoms with Crippen molar-refractivity contribution in [2.45, 2.75) is 12.7 Å². The Labute approximate surface area is 167 Å². The largest absolute Gasteiger partial charge is 0.701 e. The van der Waals surface area contributed by atoms with Gasteiger partial charge in [0.25, 0.3) is 0 Å². The highest BCUT2D eigenvalue weighted by atomic mass is 79.9. The van der Waals surface area contributed by atoms with E-state index in [-0.39, 0.29) is 11.1 Å². The molecule has 0 fully saturated rings. The minimum absolute atomic E-state index is 0.0610. The average molecular weight is 511 g/mol. The minimum Gasteiger partial charge on any atom is -0.373 e. The lowest BCUT2D eigenvalue weighted by Crippen LogP contribution is -2.15. The van der Waals surface area contributed by atoms with Gasteiger partial charge in [-0.1, -0.05) is 62.2 Å². The van der Waals surface area contributed by atoms with Crippen molar-refractivity contribution in [1.29, 1.82) is 0 Å². The molecule has 0 bridgehead atoms. The molecule has 2 rings (SSSR count). The van der Waals surface area contributed by atoms with Gasteiger partial charge in [-0.3, -0.25) is 0 Å². The molecule has 1 N–H and O–H groups in total. The molecule has 2 aromatic rings. The van der Waals surface area contributed by atoms with Gasteiger partial charge in [-0.2, -0.15) is 8.78 Å². The predicted octanol–water partition coefficient (Wildman–Crippen LogP) is 6.16. The zero-order valence-electron chi connectivity index (χ0n) is 13.2. The number of benzene rings is 2. The van der Waals surface area contributed by atoms with E-state index >= 15 is 0 Å². The number of hydrogen-bond acceptors (Lipinski definition) is 3. The second-order valence-corrected chi connectivity index (χ2v) is 7.56. The van der Waals surface area contributed by atoms with Gasteiger partial charge in [0.15, 0.2) is 0 Å². The highest BCUT2D eigenvalue weighted by Crippen LogP contribution is 2.40. The van der Waals surface area contributed by atoms with Gasteiger partial charge in [0.05, 0.1) is 18.8 Å². The molecule has 0 saturated heterocycles. The molecule has 0 amide bonds. The monoisotopic (exact) mass is 509 g/mol. The maximum Gasteiger partial charge on any atom is 0.701 e. The molecule has 138 valence electrons. The number of ether oxygens (including phenoxy) is 1. The van der Waals surface area contributed by atoms with E-state index in [0.717, 1.165) is 16.1 Å². The summed E-state index contributed by atoms with van der Waals surface area (Å²) >= 11 is 6.39. The minimum atomic E-state index is -3.87. The first-order valence-electron chi connectivity index (χ1n) is 7.30. The van der Waals surface area contributed by atoms with Crippen molar-refractivity contribution in [2.75, 3.05) is 6.61 Å². The molecule has 0 aliphatic carbocycles. The number of halogens is 4. The van der Waals surface area contributed by atoms with Crippen molar-refractivity contribution in [3.8, 4) is 0 Å². The normalized spacial score (nSPS) is 12.6. The maximum absolute atomic E-state index is 13.7. The van der Waals surface area contributed by atoms with Crippen molar-refractivity contribution in [3.05, 3.63) is 74.2 Å². The van der Waals surface area contributed by atoms with E-state index in [9.17, 15) is 13.3 Å². The molecule has 0 spiro atoms. The topological polar surface area (TPSA) is 55.8 Å². The smallest absolute Gasteiger partial charge is 0.373 e. The number of hydrogen-bond donors (Lipinski definition) is 1. The third-order valence-corrected chi connectivity index (χ3v) is 4.77. The van der Waals surface area contributed by atoms with E-state index < -0.39 is 19.9 Å².